The number of esters is 1. The lowest BCUT2D eigenvalue weighted by Crippen LogP contribution is -2.48. The molecule has 1 aliphatic rings. The zero-order valence-electron chi connectivity index (χ0n) is 10.6. The summed E-state index contributed by atoms with van der Waals surface area (Å²) >= 11 is 1.43. The highest BCUT2D eigenvalue weighted by Crippen LogP contribution is 2.24. The normalized spacial score (nSPS) is 19.7. The summed E-state index contributed by atoms with van der Waals surface area (Å²) in [4.78, 5) is 26.6. The Morgan fingerprint density at radius 2 is 2.22 bits per heavy atom. The van der Waals surface area contributed by atoms with Gasteiger partial charge in [-0.25, -0.2) is 4.79 Å². The highest BCUT2D eigenvalue weighted by molar-refractivity contribution is 7.12. The molecule has 1 aromatic heterocycles. The van der Waals surface area contributed by atoms with Crippen molar-refractivity contribution < 1.29 is 14.3 Å². The Morgan fingerprint density at radius 3 is 2.83 bits per heavy atom. The molecule has 0 saturated carbocycles. The van der Waals surface area contributed by atoms with Crippen LogP contribution in [0, 0.1) is 6.92 Å². The molecule has 0 unspecified atom stereocenters. The van der Waals surface area contributed by atoms with Crippen molar-refractivity contribution in [2.75, 3.05) is 13.7 Å². The number of rotatable bonds is 2. The van der Waals surface area contributed by atoms with Crippen molar-refractivity contribution in [2.24, 2.45) is 0 Å². The third-order valence-corrected chi connectivity index (χ3v) is 4.30. The number of aryl methyl sites for hydroxylation is 1. The van der Waals surface area contributed by atoms with E-state index in [1.807, 2.05) is 18.4 Å². The first-order chi connectivity index (χ1) is 8.65. The van der Waals surface area contributed by atoms with Crippen LogP contribution in [0.25, 0.3) is 0 Å². The lowest BCUT2D eigenvalue weighted by Gasteiger charge is -2.33. The van der Waals surface area contributed by atoms with Crippen molar-refractivity contribution in [1.82, 2.24) is 4.90 Å². The van der Waals surface area contributed by atoms with E-state index in [-0.39, 0.29) is 11.9 Å². The molecule has 5 heteroatoms. The standard InChI is InChI=1S/C13H17NO3S/c1-9-6-8-18-11(9)12(15)14-7-4-3-5-10(14)13(16)17-2/h6,8,10H,3-5,7H2,1-2H3/t10-/m1/s1. The van der Waals surface area contributed by atoms with Crippen molar-refractivity contribution in [3.63, 3.8) is 0 Å². The predicted octanol–water partition coefficient (Wildman–Crippen LogP) is 2.22. The molecule has 4 nitrogen and oxygen atoms in total. The largest absolute Gasteiger partial charge is 0.467 e. The topological polar surface area (TPSA) is 46.6 Å². The maximum atomic E-state index is 12.4. The van der Waals surface area contributed by atoms with Crippen LogP contribution < -0.4 is 0 Å². The van der Waals surface area contributed by atoms with Crippen molar-refractivity contribution in [3.8, 4) is 0 Å². The fraction of sp³-hybridized carbons (Fsp3) is 0.538. The Kier molecular flexibility index (Phi) is 4.01. The molecule has 1 saturated heterocycles. The number of hydrogen-bond acceptors (Lipinski definition) is 4. The quantitative estimate of drug-likeness (QED) is 0.772. The molecular weight excluding hydrogens is 250 g/mol. The summed E-state index contributed by atoms with van der Waals surface area (Å²) in [5.41, 5.74) is 0.971. The van der Waals surface area contributed by atoms with Crippen LogP contribution in [0.3, 0.4) is 0 Å². The first-order valence-electron chi connectivity index (χ1n) is 6.08. The summed E-state index contributed by atoms with van der Waals surface area (Å²) in [5.74, 6) is -0.352. The van der Waals surface area contributed by atoms with Gasteiger partial charge < -0.3 is 9.64 Å². The molecule has 98 valence electrons. The van der Waals surface area contributed by atoms with Crippen LogP contribution in [0.15, 0.2) is 11.4 Å². The summed E-state index contributed by atoms with van der Waals surface area (Å²) in [5, 5.41) is 1.90. The monoisotopic (exact) mass is 267 g/mol. The number of amides is 1. The van der Waals surface area contributed by atoms with Gasteiger partial charge in [0.15, 0.2) is 0 Å². The molecule has 1 amide bonds. The Balaban J connectivity index is 2.21. The summed E-state index contributed by atoms with van der Waals surface area (Å²) in [6.45, 7) is 2.55. The van der Waals surface area contributed by atoms with Crippen LogP contribution >= 0.6 is 11.3 Å². The molecule has 0 radical (unpaired) electrons. The zero-order valence-corrected chi connectivity index (χ0v) is 11.5. The van der Waals surface area contributed by atoms with E-state index in [4.69, 9.17) is 4.74 Å². The van der Waals surface area contributed by atoms with Gasteiger partial charge in [0.1, 0.15) is 6.04 Å². The fourth-order valence-electron chi connectivity index (χ4n) is 2.28. The third-order valence-electron chi connectivity index (χ3n) is 3.29. The van der Waals surface area contributed by atoms with Gasteiger partial charge in [-0.1, -0.05) is 0 Å². The highest BCUT2D eigenvalue weighted by Gasteiger charge is 2.34. The molecule has 1 aliphatic heterocycles. The molecule has 1 fully saturated rings. The average Bonchev–Trinajstić information content (AvgIpc) is 2.83. The van der Waals surface area contributed by atoms with Crippen LogP contribution in [0.1, 0.15) is 34.5 Å². The van der Waals surface area contributed by atoms with Gasteiger partial charge in [0.05, 0.1) is 12.0 Å². The number of ether oxygens (including phenoxy) is 1. The van der Waals surface area contributed by atoms with E-state index in [2.05, 4.69) is 0 Å². The van der Waals surface area contributed by atoms with Gasteiger partial charge in [-0.05, 0) is 43.2 Å². The van der Waals surface area contributed by atoms with E-state index >= 15 is 0 Å². The average molecular weight is 267 g/mol. The van der Waals surface area contributed by atoms with Crippen LogP contribution in [0.4, 0.5) is 0 Å². The van der Waals surface area contributed by atoms with Gasteiger partial charge in [0.2, 0.25) is 0 Å². The number of likely N-dealkylation sites (tertiary alicyclic amines) is 1. The second kappa shape index (κ2) is 5.52. The lowest BCUT2D eigenvalue weighted by molar-refractivity contribution is -0.147. The molecule has 0 aliphatic carbocycles. The van der Waals surface area contributed by atoms with E-state index in [0.717, 1.165) is 23.3 Å². The number of carbonyl (C=O) groups excluding carboxylic acids is 2. The summed E-state index contributed by atoms with van der Waals surface area (Å²) in [7, 11) is 1.37. The van der Waals surface area contributed by atoms with Gasteiger partial charge in [0.25, 0.3) is 5.91 Å². The van der Waals surface area contributed by atoms with Crippen molar-refractivity contribution in [2.45, 2.75) is 32.2 Å². The minimum Gasteiger partial charge on any atom is -0.467 e. The van der Waals surface area contributed by atoms with Gasteiger partial charge in [-0.15, -0.1) is 11.3 Å². The number of nitrogens with zero attached hydrogens (tertiary/aromatic N) is 1. The maximum absolute atomic E-state index is 12.4. The second-order valence-electron chi connectivity index (χ2n) is 4.47. The van der Waals surface area contributed by atoms with Gasteiger partial charge in [-0.2, -0.15) is 0 Å². The first-order valence-corrected chi connectivity index (χ1v) is 6.96. The Bertz CT molecular complexity index is 455. The highest BCUT2D eigenvalue weighted by atomic mass is 32.1. The number of methoxy groups -OCH3 is 1. The van der Waals surface area contributed by atoms with Crippen molar-refractivity contribution in [3.05, 3.63) is 21.9 Å². The van der Waals surface area contributed by atoms with E-state index in [9.17, 15) is 9.59 Å². The molecule has 2 rings (SSSR count). The Hall–Kier alpha value is -1.36. The lowest BCUT2D eigenvalue weighted by atomic mass is 10.0. The second-order valence-corrected chi connectivity index (χ2v) is 5.38. The van der Waals surface area contributed by atoms with Crippen LogP contribution in [0.5, 0.6) is 0 Å². The fourth-order valence-corrected chi connectivity index (χ4v) is 3.16. The molecule has 1 aromatic rings. The maximum Gasteiger partial charge on any atom is 0.328 e. The molecule has 1 atom stereocenters. The number of piperidine rings is 1. The smallest absolute Gasteiger partial charge is 0.328 e. The molecule has 0 N–H and O–H groups in total. The van der Waals surface area contributed by atoms with E-state index in [1.54, 1.807) is 4.90 Å². The van der Waals surface area contributed by atoms with Crippen molar-refractivity contribution >= 4 is 23.2 Å². The minimum atomic E-state index is -0.419. The molecule has 0 aromatic carbocycles. The molecule has 2 heterocycles. The summed E-state index contributed by atoms with van der Waals surface area (Å²) < 4.78 is 4.79. The van der Waals surface area contributed by atoms with Gasteiger partial charge >= 0.3 is 5.97 Å². The third kappa shape index (κ3) is 2.41. The zero-order chi connectivity index (χ0) is 13.1. The van der Waals surface area contributed by atoms with Crippen LogP contribution in [0.2, 0.25) is 0 Å². The van der Waals surface area contributed by atoms with Crippen molar-refractivity contribution in [1.29, 1.82) is 0 Å². The van der Waals surface area contributed by atoms with E-state index in [1.165, 1.54) is 18.4 Å². The number of carbonyl (C=O) groups is 2. The Labute approximate surface area is 111 Å². The number of thiophene rings is 1. The van der Waals surface area contributed by atoms with Crippen LogP contribution in [-0.2, 0) is 9.53 Å². The molecule has 18 heavy (non-hydrogen) atoms. The first kappa shape index (κ1) is 13.1. The summed E-state index contributed by atoms with van der Waals surface area (Å²) in [6, 6.07) is 1.51. The van der Waals surface area contributed by atoms with Crippen LogP contribution in [-0.4, -0.2) is 36.5 Å². The Morgan fingerprint density at radius 1 is 1.44 bits per heavy atom. The molecule has 0 bridgehead atoms. The van der Waals surface area contributed by atoms with E-state index < -0.39 is 6.04 Å². The molecular formula is C13H17NO3S. The predicted molar refractivity (Wildman–Crippen MR) is 69.7 cm³/mol. The SMILES string of the molecule is COC(=O)[C@H]1CCCCN1C(=O)c1sccc1C. The minimum absolute atomic E-state index is 0.0439. The number of hydrogen-bond donors (Lipinski definition) is 0. The molecule has 0 spiro atoms. The van der Waals surface area contributed by atoms with Gasteiger partial charge in [-0.3, -0.25) is 4.79 Å². The van der Waals surface area contributed by atoms with E-state index in [0.29, 0.717) is 13.0 Å². The summed E-state index contributed by atoms with van der Waals surface area (Å²) in [6.07, 6.45) is 2.61. The van der Waals surface area contributed by atoms with Gasteiger partial charge in [0, 0.05) is 6.54 Å².